The summed E-state index contributed by atoms with van der Waals surface area (Å²) in [5.41, 5.74) is 1.97. The standard InChI is InChI=1S/C15H13BrN6/c16-12-5-1-2-6-13(12)20-14-10-19-22-15(21-14)18-9-11-4-3-7-17-8-11/h1-8,10H,9H2,(H2,18,20,21,22). The Morgan fingerprint density at radius 2 is 1.95 bits per heavy atom. The number of benzene rings is 1. The number of para-hydroxylation sites is 1. The molecular formula is C15H13BrN6. The van der Waals surface area contributed by atoms with E-state index in [-0.39, 0.29) is 0 Å². The molecule has 0 aliphatic carbocycles. The Morgan fingerprint density at radius 1 is 1.05 bits per heavy atom. The van der Waals surface area contributed by atoms with E-state index < -0.39 is 0 Å². The van der Waals surface area contributed by atoms with Gasteiger partial charge >= 0.3 is 0 Å². The average Bonchev–Trinajstić information content (AvgIpc) is 2.57. The first-order valence-electron chi connectivity index (χ1n) is 6.65. The van der Waals surface area contributed by atoms with Crippen LogP contribution >= 0.6 is 15.9 Å². The lowest BCUT2D eigenvalue weighted by Crippen LogP contribution is -2.06. The Labute approximate surface area is 136 Å². The maximum Gasteiger partial charge on any atom is 0.244 e. The second kappa shape index (κ2) is 6.95. The molecule has 7 heteroatoms. The van der Waals surface area contributed by atoms with Crippen molar-refractivity contribution in [3.63, 3.8) is 0 Å². The molecule has 2 heterocycles. The molecule has 22 heavy (non-hydrogen) atoms. The number of anilines is 3. The molecule has 3 aromatic rings. The van der Waals surface area contributed by atoms with E-state index in [0.29, 0.717) is 18.3 Å². The summed E-state index contributed by atoms with van der Waals surface area (Å²) in [4.78, 5) is 8.45. The number of halogens is 1. The molecule has 0 saturated carbocycles. The van der Waals surface area contributed by atoms with Gasteiger partial charge in [0.15, 0.2) is 5.82 Å². The maximum absolute atomic E-state index is 4.39. The van der Waals surface area contributed by atoms with Gasteiger partial charge in [-0.2, -0.15) is 10.1 Å². The SMILES string of the molecule is Brc1ccccc1Nc1cnnc(NCc2cccnc2)n1. The second-order valence-electron chi connectivity index (χ2n) is 4.48. The van der Waals surface area contributed by atoms with E-state index in [4.69, 9.17) is 0 Å². The molecule has 0 bridgehead atoms. The van der Waals surface area contributed by atoms with Crippen LogP contribution in [0.3, 0.4) is 0 Å². The summed E-state index contributed by atoms with van der Waals surface area (Å²) in [5.74, 6) is 1.08. The van der Waals surface area contributed by atoms with Crippen LogP contribution in [0.1, 0.15) is 5.56 Å². The fourth-order valence-corrected chi connectivity index (χ4v) is 2.21. The summed E-state index contributed by atoms with van der Waals surface area (Å²) < 4.78 is 0.957. The molecule has 0 atom stereocenters. The number of aromatic nitrogens is 4. The summed E-state index contributed by atoms with van der Waals surface area (Å²) in [7, 11) is 0. The first-order valence-corrected chi connectivity index (χ1v) is 7.44. The van der Waals surface area contributed by atoms with Crippen LogP contribution < -0.4 is 10.6 Å². The van der Waals surface area contributed by atoms with Gasteiger partial charge in [-0.25, -0.2) is 0 Å². The van der Waals surface area contributed by atoms with Crippen LogP contribution in [0.15, 0.2) is 59.5 Å². The summed E-state index contributed by atoms with van der Waals surface area (Å²) in [6.07, 6.45) is 5.11. The van der Waals surface area contributed by atoms with Crippen LogP contribution in [-0.2, 0) is 6.54 Å². The predicted molar refractivity (Wildman–Crippen MR) is 88.8 cm³/mol. The highest BCUT2D eigenvalue weighted by Gasteiger charge is 2.03. The Bertz CT molecular complexity index is 750. The molecule has 0 fully saturated rings. The Balaban J connectivity index is 1.69. The summed E-state index contributed by atoms with van der Waals surface area (Å²) in [6, 6.07) is 11.7. The summed E-state index contributed by atoms with van der Waals surface area (Å²) in [5, 5.41) is 14.3. The largest absolute Gasteiger partial charge is 0.349 e. The van der Waals surface area contributed by atoms with Gasteiger partial charge in [-0.1, -0.05) is 18.2 Å². The lowest BCUT2D eigenvalue weighted by Gasteiger charge is -2.08. The predicted octanol–water partition coefficient (Wildman–Crippen LogP) is 3.38. The molecule has 0 saturated heterocycles. The van der Waals surface area contributed by atoms with Crippen molar-refractivity contribution in [2.45, 2.75) is 6.54 Å². The van der Waals surface area contributed by atoms with Gasteiger partial charge < -0.3 is 10.6 Å². The maximum atomic E-state index is 4.39. The fraction of sp³-hybridized carbons (Fsp3) is 0.0667. The monoisotopic (exact) mass is 356 g/mol. The Hall–Kier alpha value is -2.54. The molecule has 6 nitrogen and oxygen atoms in total. The molecular weight excluding hydrogens is 344 g/mol. The van der Waals surface area contributed by atoms with Crippen molar-refractivity contribution in [3.05, 3.63) is 65.0 Å². The van der Waals surface area contributed by atoms with Gasteiger partial charge in [0.1, 0.15) is 0 Å². The summed E-state index contributed by atoms with van der Waals surface area (Å²) >= 11 is 3.48. The molecule has 0 spiro atoms. The van der Waals surface area contributed by atoms with E-state index in [9.17, 15) is 0 Å². The van der Waals surface area contributed by atoms with E-state index in [2.05, 4.69) is 46.7 Å². The third kappa shape index (κ3) is 3.76. The van der Waals surface area contributed by atoms with E-state index in [0.717, 1.165) is 15.7 Å². The lowest BCUT2D eigenvalue weighted by molar-refractivity contribution is 0.946. The highest BCUT2D eigenvalue weighted by Crippen LogP contribution is 2.24. The molecule has 2 N–H and O–H groups in total. The van der Waals surface area contributed by atoms with Crippen LogP contribution in [0.25, 0.3) is 0 Å². The highest BCUT2D eigenvalue weighted by molar-refractivity contribution is 9.10. The van der Waals surface area contributed by atoms with Gasteiger partial charge in [-0.05, 0) is 39.7 Å². The number of rotatable bonds is 5. The minimum atomic E-state index is 0.459. The van der Waals surface area contributed by atoms with Gasteiger partial charge in [-0.3, -0.25) is 4.98 Å². The van der Waals surface area contributed by atoms with E-state index >= 15 is 0 Å². The normalized spacial score (nSPS) is 10.2. The molecule has 0 amide bonds. The average molecular weight is 357 g/mol. The van der Waals surface area contributed by atoms with Crippen molar-refractivity contribution in [1.82, 2.24) is 20.2 Å². The molecule has 110 valence electrons. The van der Waals surface area contributed by atoms with E-state index in [1.165, 1.54) is 0 Å². The molecule has 1 aromatic carbocycles. The molecule has 0 radical (unpaired) electrons. The van der Waals surface area contributed by atoms with Crippen LogP contribution in [0, 0.1) is 0 Å². The zero-order chi connectivity index (χ0) is 15.2. The quantitative estimate of drug-likeness (QED) is 0.729. The van der Waals surface area contributed by atoms with E-state index in [1.807, 2.05) is 36.4 Å². The molecule has 0 aliphatic heterocycles. The van der Waals surface area contributed by atoms with Gasteiger partial charge in [0, 0.05) is 23.4 Å². The van der Waals surface area contributed by atoms with Gasteiger partial charge in [0.2, 0.25) is 5.95 Å². The van der Waals surface area contributed by atoms with Crippen LogP contribution in [-0.4, -0.2) is 20.2 Å². The Kier molecular flexibility index (Phi) is 4.55. The summed E-state index contributed by atoms with van der Waals surface area (Å²) in [6.45, 7) is 0.591. The third-order valence-electron chi connectivity index (χ3n) is 2.87. The first kappa shape index (κ1) is 14.4. The van der Waals surface area contributed by atoms with Crippen molar-refractivity contribution < 1.29 is 0 Å². The van der Waals surface area contributed by atoms with Gasteiger partial charge in [0.05, 0.1) is 11.9 Å². The van der Waals surface area contributed by atoms with Crippen LogP contribution in [0.2, 0.25) is 0 Å². The van der Waals surface area contributed by atoms with Gasteiger partial charge in [0.25, 0.3) is 0 Å². The third-order valence-corrected chi connectivity index (χ3v) is 3.56. The number of nitrogens with zero attached hydrogens (tertiary/aromatic N) is 4. The van der Waals surface area contributed by atoms with Crippen molar-refractivity contribution in [2.24, 2.45) is 0 Å². The minimum Gasteiger partial charge on any atom is -0.349 e. The Morgan fingerprint density at radius 3 is 2.77 bits per heavy atom. The molecule has 0 aliphatic rings. The lowest BCUT2D eigenvalue weighted by atomic mass is 10.3. The molecule has 2 aromatic heterocycles. The number of pyridine rings is 1. The zero-order valence-electron chi connectivity index (χ0n) is 11.6. The van der Waals surface area contributed by atoms with Crippen molar-refractivity contribution in [2.75, 3.05) is 10.6 Å². The topological polar surface area (TPSA) is 75.6 Å². The van der Waals surface area contributed by atoms with Gasteiger partial charge in [-0.15, -0.1) is 5.10 Å². The smallest absolute Gasteiger partial charge is 0.244 e. The van der Waals surface area contributed by atoms with Crippen LogP contribution in [0.4, 0.5) is 17.5 Å². The van der Waals surface area contributed by atoms with Crippen molar-refractivity contribution >= 4 is 33.4 Å². The van der Waals surface area contributed by atoms with Crippen molar-refractivity contribution in [3.8, 4) is 0 Å². The van der Waals surface area contributed by atoms with E-state index in [1.54, 1.807) is 18.6 Å². The first-order chi connectivity index (χ1) is 10.8. The molecule has 0 unspecified atom stereocenters. The number of nitrogens with one attached hydrogen (secondary N) is 2. The highest BCUT2D eigenvalue weighted by atomic mass is 79.9. The minimum absolute atomic E-state index is 0.459. The zero-order valence-corrected chi connectivity index (χ0v) is 13.2. The fourth-order valence-electron chi connectivity index (χ4n) is 1.82. The second-order valence-corrected chi connectivity index (χ2v) is 5.34. The van der Waals surface area contributed by atoms with Crippen molar-refractivity contribution in [1.29, 1.82) is 0 Å². The van der Waals surface area contributed by atoms with Crippen LogP contribution in [0.5, 0.6) is 0 Å². The number of hydrogen-bond donors (Lipinski definition) is 2. The number of hydrogen-bond acceptors (Lipinski definition) is 6. The molecule has 3 rings (SSSR count).